The van der Waals surface area contributed by atoms with Crippen LogP contribution in [0.5, 0.6) is 11.5 Å². The van der Waals surface area contributed by atoms with E-state index in [0.29, 0.717) is 18.2 Å². The van der Waals surface area contributed by atoms with Gasteiger partial charge in [-0.15, -0.1) is 0 Å². The summed E-state index contributed by atoms with van der Waals surface area (Å²) in [5.41, 5.74) is 1.97. The molecule has 1 aliphatic rings. The van der Waals surface area contributed by atoms with Crippen LogP contribution in [0.3, 0.4) is 0 Å². The van der Waals surface area contributed by atoms with Crippen LogP contribution in [0.15, 0.2) is 54.6 Å². The van der Waals surface area contributed by atoms with Gasteiger partial charge in [0.25, 0.3) is 0 Å². The summed E-state index contributed by atoms with van der Waals surface area (Å²) in [6.45, 7) is 2.77. The summed E-state index contributed by atoms with van der Waals surface area (Å²) < 4.78 is 10.7. The Hall–Kier alpha value is -2.75. The highest BCUT2D eigenvalue weighted by molar-refractivity contribution is 5.92. The van der Waals surface area contributed by atoms with Crippen LogP contribution >= 0.6 is 0 Å². The van der Waals surface area contributed by atoms with Gasteiger partial charge in [-0.3, -0.25) is 4.79 Å². The van der Waals surface area contributed by atoms with Gasteiger partial charge in [-0.05, 0) is 55.5 Å². The Labute approximate surface area is 161 Å². The molecule has 1 atom stereocenters. The number of rotatable bonds is 8. The van der Waals surface area contributed by atoms with Gasteiger partial charge in [0.05, 0.1) is 14.2 Å². The maximum Gasteiger partial charge on any atom is 0.247 e. The lowest BCUT2D eigenvalue weighted by molar-refractivity contribution is -0.129. The predicted molar refractivity (Wildman–Crippen MR) is 108 cm³/mol. The summed E-state index contributed by atoms with van der Waals surface area (Å²) in [6.07, 6.45) is 5.85. The summed E-state index contributed by atoms with van der Waals surface area (Å²) in [6, 6.07) is 15.9. The van der Waals surface area contributed by atoms with Gasteiger partial charge in [0.1, 0.15) is 11.5 Å². The lowest BCUT2D eigenvalue weighted by Crippen LogP contribution is -2.38. The fourth-order valence-corrected chi connectivity index (χ4v) is 3.26. The lowest BCUT2D eigenvalue weighted by Gasteiger charge is -2.28. The molecule has 2 aromatic rings. The molecule has 1 amide bonds. The van der Waals surface area contributed by atoms with Crippen LogP contribution in [-0.2, 0) is 11.3 Å². The Bertz CT molecular complexity index is 797. The molecule has 0 N–H and O–H groups in total. The fraction of sp³-hybridized carbons (Fsp3) is 0.348. The maximum absolute atomic E-state index is 13.0. The number of methoxy groups -OCH3 is 2. The average Bonchev–Trinajstić information content (AvgIpc) is 3.55. The van der Waals surface area contributed by atoms with Crippen LogP contribution in [0.25, 0.3) is 6.08 Å². The van der Waals surface area contributed by atoms with E-state index in [0.717, 1.165) is 16.9 Å². The van der Waals surface area contributed by atoms with Gasteiger partial charge in [-0.2, -0.15) is 0 Å². The molecule has 0 radical (unpaired) electrons. The zero-order valence-corrected chi connectivity index (χ0v) is 16.2. The number of hydrogen-bond donors (Lipinski definition) is 0. The first-order valence-corrected chi connectivity index (χ1v) is 9.37. The molecule has 1 unspecified atom stereocenters. The van der Waals surface area contributed by atoms with E-state index >= 15 is 0 Å². The molecule has 1 aliphatic carbocycles. The topological polar surface area (TPSA) is 38.8 Å². The van der Waals surface area contributed by atoms with Crippen molar-refractivity contribution in [3.05, 3.63) is 65.7 Å². The van der Waals surface area contributed by atoms with Crippen molar-refractivity contribution < 1.29 is 14.3 Å². The van der Waals surface area contributed by atoms with Crippen molar-refractivity contribution in [2.75, 3.05) is 14.2 Å². The molecule has 142 valence electrons. The number of ether oxygens (including phenoxy) is 2. The highest BCUT2D eigenvalue weighted by atomic mass is 16.5. The zero-order valence-electron chi connectivity index (χ0n) is 16.2. The van der Waals surface area contributed by atoms with Crippen molar-refractivity contribution in [3.63, 3.8) is 0 Å². The van der Waals surface area contributed by atoms with E-state index in [4.69, 9.17) is 9.47 Å². The highest BCUT2D eigenvalue weighted by Crippen LogP contribution is 2.36. The summed E-state index contributed by atoms with van der Waals surface area (Å²) >= 11 is 0. The minimum atomic E-state index is 0.0168. The van der Waals surface area contributed by atoms with E-state index in [1.165, 1.54) is 12.8 Å². The molecule has 0 spiro atoms. The van der Waals surface area contributed by atoms with Crippen LogP contribution in [0.4, 0.5) is 0 Å². The maximum atomic E-state index is 13.0. The van der Waals surface area contributed by atoms with Gasteiger partial charge >= 0.3 is 0 Å². The number of hydrogen-bond acceptors (Lipinski definition) is 3. The van der Waals surface area contributed by atoms with Crippen molar-refractivity contribution in [3.8, 4) is 11.5 Å². The third-order valence-electron chi connectivity index (χ3n) is 5.12. The molecular weight excluding hydrogens is 338 g/mol. The number of carbonyl (C=O) groups excluding carboxylic acids is 1. The molecule has 1 saturated carbocycles. The average molecular weight is 365 g/mol. The summed E-state index contributed by atoms with van der Waals surface area (Å²) in [5, 5.41) is 0. The number of carbonyl (C=O) groups is 1. The van der Waals surface area contributed by atoms with Crippen LogP contribution in [0.2, 0.25) is 0 Å². The van der Waals surface area contributed by atoms with Gasteiger partial charge < -0.3 is 14.4 Å². The molecule has 0 saturated heterocycles. The molecule has 4 nitrogen and oxygen atoms in total. The number of nitrogens with zero attached hydrogens (tertiary/aromatic N) is 1. The normalized spacial score (nSPS) is 14.8. The van der Waals surface area contributed by atoms with Gasteiger partial charge in [-0.1, -0.05) is 30.3 Å². The summed E-state index contributed by atoms with van der Waals surface area (Å²) in [7, 11) is 3.25. The molecule has 3 rings (SSSR count). The second kappa shape index (κ2) is 8.76. The van der Waals surface area contributed by atoms with Crippen molar-refractivity contribution >= 4 is 12.0 Å². The first-order chi connectivity index (χ1) is 13.1. The molecule has 27 heavy (non-hydrogen) atoms. The third-order valence-corrected chi connectivity index (χ3v) is 5.12. The molecule has 0 bridgehead atoms. The third kappa shape index (κ3) is 4.91. The minimum Gasteiger partial charge on any atom is -0.497 e. The zero-order chi connectivity index (χ0) is 19.2. The first-order valence-electron chi connectivity index (χ1n) is 9.37. The minimum absolute atomic E-state index is 0.0168. The van der Waals surface area contributed by atoms with Crippen molar-refractivity contribution in [2.45, 2.75) is 32.4 Å². The van der Waals surface area contributed by atoms with Crippen molar-refractivity contribution in [1.82, 2.24) is 4.90 Å². The highest BCUT2D eigenvalue weighted by Gasteiger charge is 2.33. The van der Waals surface area contributed by atoms with E-state index in [1.807, 2.05) is 41.3 Å². The summed E-state index contributed by atoms with van der Waals surface area (Å²) in [4.78, 5) is 15.0. The molecule has 0 heterocycles. The van der Waals surface area contributed by atoms with Crippen molar-refractivity contribution in [2.24, 2.45) is 5.92 Å². The SMILES string of the molecule is COc1ccc(OC)c(/C=C/C(=O)N(Cc2ccccc2)C(C)C2CC2)c1. The smallest absolute Gasteiger partial charge is 0.247 e. The Morgan fingerprint density at radius 3 is 2.52 bits per heavy atom. The Morgan fingerprint density at radius 2 is 1.89 bits per heavy atom. The monoisotopic (exact) mass is 365 g/mol. The first kappa shape index (κ1) is 19.0. The van der Waals surface area contributed by atoms with E-state index in [1.54, 1.807) is 26.4 Å². The quantitative estimate of drug-likeness (QED) is 0.645. The lowest BCUT2D eigenvalue weighted by atomic mass is 10.1. The fourth-order valence-electron chi connectivity index (χ4n) is 3.26. The Kier molecular flexibility index (Phi) is 6.17. The second-order valence-electron chi connectivity index (χ2n) is 6.97. The van der Waals surface area contributed by atoms with Gasteiger partial charge in [-0.25, -0.2) is 0 Å². The second-order valence-corrected chi connectivity index (χ2v) is 6.97. The summed E-state index contributed by atoms with van der Waals surface area (Å²) in [5.74, 6) is 2.07. The van der Waals surface area contributed by atoms with Crippen molar-refractivity contribution in [1.29, 1.82) is 0 Å². The van der Waals surface area contributed by atoms with Gasteiger partial charge in [0.2, 0.25) is 5.91 Å². The van der Waals surface area contributed by atoms with Crippen LogP contribution in [0.1, 0.15) is 30.9 Å². The van der Waals surface area contributed by atoms with Gasteiger partial charge in [0.15, 0.2) is 0 Å². The molecule has 4 heteroatoms. The molecular formula is C23H27NO3. The molecule has 1 fully saturated rings. The molecule has 2 aromatic carbocycles. The van der Waals surface area contributed by atoms with E-state index in [2.05, 4.69) is 19.1 Å². The molecule has 0 aliphatic heterocycles. The predicted octanol–water partition coefficient (Wildman–Crippen LogP) is 4.54. The number of benzene rings is 2. The van der Waals surface area contributed by atoms with E-state index in [9.17, 15) is 4.79 Å². The van der Waals surface area contributed by atoms with Crippen LogP contribution in [-0.4, -0.2) is 31.1 Å². The van der Waals surface area contributed by atoms with Crippen LogP contribution < -0.4 is 9.47 Å². The Morgan fingerprint density at radius 1 is 1.15 bits per heavy atom. The van der Waals surface area contributed by atoms with E-state index < -0.39 is 0 Å². The standard InChI is InChI=1S/C23H27NO3/c1-17(19-9-10-19)24(16-18-7-5-4-6-8-18)23(25)14-11-20-15-21(26-2)12-13-22(20)27-3/h4-8,11-15,17,19H,9-10,16H2,1-3H3/b14-11+. The van der Waals surface area contributed by atoms with Gasteiger partial charge in [0, 0.05) is 24.2 Å². The van der Waals surface area contributed by atoms with Crippen LogP contribution in [0, 0.1) is 5.92 Å². The number of amides is 1. The largest absolute Gasteiger partial charge is 0.497 e. The van der Waals surface area contributed by atoms with E-state index in [-0.39, 0.29) is 11.9 Å². The Balaban J connectivity index is 1.80. The molecule has 0 aromatic heterocycles.